The van der Waals surface area contributed by atoms with Gasteiger partial charge in [-0.25, -0.2) is 0 Å². The minimum Gasteiger partial charge on any atom is -0.468 e. The van der Waals surface area contributed by atoms with Gasteiger partial charge in [0, 0.05) is 12.7 Å². The third kappa shape index (κ3) is 2.46. The van der Waals surface area contributed by atoms with Crippen molar-refractivity contribution in [1.82, 2.24) is 9.88 Å². The molecule has 3 heterocycles. The van der Waals surface area contributed by atoms with Gasteiger partial charge in [0.05, 0.1) is 18.0 Å². The van der Waals surface area contributed by atoms with Crippen molar-refractivity contribution in [2.75, 3.05) is 6.54 Å². The summed E-state index contributed by atoms with van der Waals surface area (Å²) in [7, 11) is 0. The molecule has 1 aliphatic rings. The van der Waals surface area contributed by atoms with Gasteiger partial charge in [-0.3, -0.25) is 9.88 Å². The molecule has 0 bridgehead atoms. The molecule has 0 amide bonds. The van der Waals surface area contributed by atoms with Crippen LogP contribution in [0.4, 0.5) is 0 Å². The van der Waals surface area contributed by atoms with Crippen LogP contribution in [0.3, 0.4) is 0 Å². The standard InChI is InChI=1S/C15H18N2O/c1-3-9-16-13(6-1)12-17-10-4-2-7-14(17)15-8-5-11-18-15/h1,3,5-6,8-9,11,14H,2,4,7,10,12H2/t14-/m0/s1. The van der Waals surface area contributed by atoms with Crippen molar-refractivity contribution in [2.45, 2.75) is 31.8 Å². The van der Waals surface area contributed by atoms with E-state index in [4.69, 9.17) is 4.42 Å². The Morgan fingerprint density at radius 2 is 2.22 bits per heavy atom. The molecule has 0 unspecified atom stereocenters. The number of likely N-dealkylation sites (tertiary alicyclic amines) is 1. The zero-order chi connectivity index (χ0) is 12.2. The van der Waals surface area contributed by atoms with Crippen molar-refractivity contribution in [2.24, 2.45) is 0 Å². The molecule has 0 N–H and O–H groups in total. The molecular weight excluding hydrogens is 224 g/mol. The molecule has 3 nitrogen and oxygen atoms in total. The van der Waals surface area contributed by atoms with Crippen molar-refractivity contribution in [3.05, 3.63) is 54.2 Å². The zero-order valence-electron chi connectivity index (χ0n) is 10.5. The van der Waals surface area contributed by atoms with Crippen LogP contribution in [-0.2, 0) is 6.54 Å². The highest BCUT2D eigenvalue weighted by molar-refractivity contribution is 5.08. The second-order valence-electron chi connectivity index (χ2n) is 4.82. The van der Waals surface area contributed by atoms with Crippen LogP contribution in [0.1, 0.15) is 36.8 Å². The van der Waals surface area contributed by atoms with Gasteiger partial charge in [0.25, 0.3) is 0 Å². The van der Waals surface area contributed by atoms with Crippen molar-refractivity contribution >= 4 is 0 Å². The molecule has 1 fully saturated rings. The molecule has 18 heavy (non-hydrogen) atoms. The second kappa shape index (κ2) is 5.36. The molecule has 0 radical (unpaired) electrons. The molecule has 3 rings (SSSR count). The summed E-state index contributed by atoms with van der Waals surface area (Å²) in [4.78, 5) is 6.89. The lowest BCUT2D eigenvalue weighted by atomic mass is 10.00. The Hall–Kier alpha value is -1.61. The van der Waals surface area contributed by atoms with Gasteiger partial charge in [0.1, 0.15) is 5.76 Å². The maximum absolute atomic E-state index is 5.58. The average molecular weight is 242 g/mol. The highest BCUT2D eigenvalue weighted by Crippen LogP contribution is 2.31. The van der Waals surface area contributed by atoms with Crippen molar-refractivity contribution in [3.8, 4) is 0 Å². The van der Waals surface area contributed by atoms with Crippen LogP contribution in [0.2, 0.25) is 0 Å². The predicted octanol–water partition coefficient (Wildman–Crippen LogP) is 3.40. The molecule has 2 aromatic rings. The Balaban J connectivity index is 1.76. The monoisotopic (exact) mass is 242 g/mol. The Bertz CT molecular complexity index is 467. The van der Waals surface area contributed by atoms with Crippen LogP contribution < -0.4 is 0 Å². The lowest BCUT2D eigenvalue weighted by Crippen LogP contribution is -2.32. The largest absolute Gasteiger partial charge is 0.468 e. The van der Waals surface area contributed by atoms with Crippen LogP contribution >= 0.6 is 0 Å². The lowest BCUT2D eigenvalue weighted by molar-refractivity contribution is 0.120. The summed E-state index contributed by atoms with van der Waals surface area (Å²) in [6, 6.07) is 10.6. The number of furan rings is 1. The lowest BCUT2D eigenvalue weighted by Gasteiger charge is -2.34. The summed E-state index contributed by atoms with van der Waals surface area (Å²) in [6.45, 7) is 2.04. The topological polar surface area (TPSA) is 29.3 Å². The summed E-state index contributed by atoms with van der Waals surface area (Å²) in [5.41, 5.74) is 1.14. The summed E-state index contributed by atoms with van der Waals surface area (Å²) in [5.74, 6) is 1.09. The van der Waals surface area contributed by atoms with E-state index >= 15 is 0 Å². The molecule has 2 aromatic heterocycles. The van der Waals surface area contributed by atoms with Crippen LogP contribution in [-0.4, -0.2) is 16.4 Å². The third-order valence-corrected chi connectivity index (χ3v) is 3.58. The van der Waals surface area contributed by atoms with Gasteiger partial charge in [-0.15, -0.1) is 0 Å². The Labute approximate surface area is 107 Å². The van der Waals surface area contributed by atoms with Crippen LogP contribution in [0, 0.1) is 0 Å². The Morgan fingerprint density at radius 3 is 3.00 bits per heavy atom. The van der Waals surface area contributed by atoms with Crippen LogP contribution in [0.5, 0.6) is 0 Å². The van der Waals surface area contributed by atoms with E-state index in [-0.39, 0.29) is 0 Å². The number of hydrogen-bond acceptors (Lipinski definition) is 3. The highest BCUT2D eigenvalue weighted by Gasteiger charge is 2.25. The van der Waals surface area contributed by atoms with E-state index in [0.29, 0.717) is 6.04 Å². The van der Waals surface area contributed by atoms with E-state index in [1.54, 1.807) is 6.26 Å². The molecule has 0 aliphatic carbocycles. The number of aromatic nitrogens is 1. The number of pyridine rings is 1. The van der Waals surface area contributed by atoms with E-state index in [1.807, 2.05) is 24.4 Å². The van der Waals surface area contributed by atoms with Gasteiger partial charge in [-0.05, 0) is 43.7 Å². The van der Waals surface area contributed by atoms with Gasteiger partial charge in [-0.1, -0.05) is 12.5 Å². The van der Waals surface area contributed by atoms with Gasteiger partial charge in [0.15, 0.2) is 0 Å². The molecule has 1 aliphatic heterocycles. The van der Waals surface area contributed by atoms with Gasteiger partial charge < -0.3 is 4.42 Å². The first-order chi connectivity index (χ1) is 8.93. The SMILES string of the molecule is c1ccc(CN2CCCC[C@H]2c2ccco2)nc1. The zero-order valence-corrected chi connectivity index (χ0v) is 10.5. The van der Waals surface area contributed by atoms with Gasteiger partial charge >= 0.3 is 0 Å². The molecule has 0 spiro atoms. The molecule has 94 valence electrons. The quantitative estimate of drug-likeness (QED) is 0.826. The summed E-state index contributed by atoms with van der Waals surface area (Å²) in [5, 5.41) is 0. The van der Waals surface area contributed by atoms with Crippen molar-refractivity contribution in [3.63, 3.8) is 0 Å². The first-order valence-corrected chi connectivity index (χ1v) is 6.61. The van der Waals surface area contributed by atoms with E-state index < -0.39 is 0 Å². The molecule has 0 saturated carbocycles. The number of piperidine rings is 1. The molecule has 1 atom stereocenters. The normalized spacial score (nSPS) is 21.0. The Kier molecular flexibility index (Phi) is 3.42. The van der Waals surface area contributed by atoms with Crippen molar-refractivity contribution in [1.29, 1.82) is 0 Å². The molecular formula is C15H18N2O. The fourth-order valence-electron chi connectivity index (χ4n) is 2.68. The van der Waals surface area contributed by atoms with Crippen LogP contribution in [0.15, 0.2) is 47.2 Å². The molecule has 1 saturated heterocycles. The smallest absolute Gasteiger partial charge is 0.120 e. The third-order valence-electron chi connectivity index (χ3n) is 3.58. The van der Waals surface area contributed by atoms with Gasteiger partial charge in [0.2, 0.25) is 0 Å². The molecule has 3 heteroatoms. The number of rotatable bonds is 3. The summed E-state index contributed by atoms with van der Waals surface area (Å²) < 4.78 is 5.58. The maximum atomic E-state index is 5.58. The fourth-order valence-corrected chi connectivity index (χ4v) is 2.68. The van der Waals surface area contributed by atoms with E-state index in [9.17, 15) is 0 Å². The first-order valence-electron chi connectivity index (χ1n) is 6.61. The van der Waals surface area contributed by atoms with E-state index in [1.165, 1.54) is 19.3 Å². The minimum absolute atomic E-state index is 0.413. The fraction of sp³-hybridized carbons (Fsp3) is 0.400. The van der Waals surface area contributed by atoms with E-state index in [2.05, 4.69) is 22.0 Å². The minimum atomic E-state index is 0.413. The predicted molar refractivity (Wildman–Crippen MR) is 69.9 cm³/mol. The second-order valence-corrected chi connectivity index (χ2v) is 4.82. The van der Waals surface area contributed by atoms with E-state index in [0.717, 1.165) is 24.5 Å². The van der Waals surface area contributed by atoms with Gasteiger partial charge in [-0.2, -0.15) is 0 Å². The summed E-state index contributed by atoms with van der Waals surface area (Å²) in [6.07, 6.45) is 7.36. The average Bonchev–Trinajstić information content (AvgIpc) is 2.94. The molecule has 0 aromatic carbocycles. The Morgan fingerprint density at radius 1 is 1.22 bits per heavy atom. The number of nitrogens with zero attached hydrogens (tertiary/aromatic N) is 2. The number of hydrogen-bond donors (Lipinski definition) is 0. The summed E-state index contributed by atoms with van der Waals surface area (Å²) >= 11 is 0. The highest BCUT2D eigenvalue weighted by atomic mass is 16.3. The van der Waals surface area contributed by atoms with Crippen molar-refractivity contribution < 1.29 is 4.42 Å². The first kappa shape index (κ1) is 11.5. The maximum Gasteiger partial charge on any atom is 0.120 e. The van der Waals surface area contributed by atoms with Crippen LogP contribution in [0.25, 0.3) is 0 Å².